The van der Waals surface area contributed by atoms with Crippen LogP contribution in [0, 0.1) is 11.7 Å². The van der Waals surface area contributed by atoms with Crippen LogP contribution in [0.4, 0.5) is 4.39 Å². The van der Waals surface area contributed by atoms with Gasteiger partial charge in [0.05, 0.1) is 6.61 Å². The molecule has 47 heavy (non-hydrogen) atoms. The summed E-state index contributed by atoms with van der Waals surface area (Å²) in [5.41, 5.74) is 10.3. The van der Waals surface area contributed by atoms with E-state index in [4.69, 9.17) is 10.2 Å². The molecule has 2 nitrogen and oxygen atoms in total. The largest absolute Gasteiger partial charge is 0.396 e. The smallest absolute Gasteiger partial charge is 0.131 e. The fourth-order valence-electron chi connectivity index (χ4n) is 7.09. The van der Waals surface area contributed by atoms with Crippen LogP contribution < -0.4 is 0 Å². The van der Waals surface area contributed by atoms with E-state index >= 15 is 0 Å². The monoisotopic (exact) mass is 636 g/mol. The SMILES string of the molecule is CCCCCC1CCC(c2ccc(-c3ccc(CCCO)cc3CC)cc2)CC1.CCCc1ccc(-c2ccc(CO)cc2)c(F)c1. The summed E-state index contributed by atoms with van der Waals surface area (Å²) in [6.07, 6.45) is 16.0. The fourth-order valence-corrected chi connectivity index (χ4v) is 7.09. The molecular formula is C44H57FO2. The summed E-state index contributed by atoms with van der Waals surface area (Å²) in [6.45, 7) is 6.90. The quantitative estimate of drug-likeness (QED) is 0.135. The predicted molar refractivity (Wildman–Crippen MR) is 197 cm³/mol. The molecule has 2 N–H and O–H groups in total. The van der Waals surface area contributed by atoms with Gasteiger partial charge in [0, 0.05) is 12.2 Å². The Labute approximate surface area is 284 Å². The van der Waals surface area contributed by atoms with Crippen LogP contribution in [0.5, 0.6) is 0 Å². The van der Waals surface area contributed by atoms with Crippen molar-refractivity contribution in [2.75, 3.05) is 6.61 Å². The van der Waals surface area contributed by atoms with Gasteiger partial charge in [-0.15, -0.1) is 0 Å². The summed E-state index contributed by atoms with van der Waals surface area (Å²) in [6, 6.07) is 29.0. The first kappa shape index (κ1) is 36.6. The summed E-state index contributed by atoms with van der Waals surface area (Å²) in [5.74, 6) is 1.56. The highest BCUT2D eigenvalue weighted by molar-refractivity contribution is 5.68. The topological polar surface area (TPSA) is 40.5 Å². The molecule has 0 radical (unpaired) electrons. The predicted octanol–water partition coefficient (Wildman–Crippen LogP) is 11.6. The average molecular weight is 637 g/mol. The molecule has 0 unspecified atom stereocenters. The van der Waals surface area contributed by atoms with E-state index in [0.29, 0.717) is 5.56 Å². The molecule has 0 heterocycles. The zero-order chi connectivity index (χ0) is 33.4. The molecule has 1 aliphatic rings. The van der Waals surface area contributed by atoms with Crippen LogP contribution in [0.1, 0.15) is 119 Å². The van der Waals surface area contributed by atoms with Gasteiger partial charge >= 0.3 is 0 Å². The Morgan fingerprint density at radius 2 is 1.23 bits per heavy atom. The maximum Gasteiger partial charge on any atom is 0.131 e. The fraction of sp³-hybridized carbons (Fsp3) is 0.455. The van der Waals surface area contributed by atoms with Crippen LogP contribution in [0.3, 0.4) is 0 Å². The van der Waals surface area contributed by atoms with Gasteiger partial charge in [-0.1, -0.05) is 132 Å². The molecule has 1 saturated carbocycles. The van der Waals surface area contributed by atoms with E-state index in [1.807, 2.05) is 36.4 Å². The molecular weight excluding hydrogens is 579 g/mol. The Balaban J connectivity index is 0.000000238. The third-order valence-electron chi connectivity index (χ3n) is 9.95. The summed E-state index contributed by atoms with van der Waals surface area (Å²) in [7, 11) is 0. The Bertz CT molecular complexity index is 1470. The molecule has 4 aromatic carbocycles. The second-order valence-electron chi connectivity index (χ2n) is 13.4. The summed E-state index contributed by atoms with van der Waals surface area (Å²) in [4.78, 5) is 0. The Morgan fingerprint density at radius 3 is 1.83 bits per heavy atom. The molecule has 0 aromatic heterocycles. The number of aryl methyl sites for hydroxylation is 3. The average Bonchev–Trinajstić information content (AvgIpc) is 3.12. The van der Waals surface area contributed by atoms with Crippen LogP contribution in [0.15, 0.2) is 84.9 Å². The van der Waals surface area contributed by atoms with Gasteiger partial charge in [-0.2, -0.15) is 0 Å². The highest BCUT2D eigenvalue weighted by atomic mass is 19.1. The second-order valence-corrected chi connectivity index (χ2v) is 13.4. The molecule has 3 heteroatoms. The van der Waals surface area contributed by atoms with Crippen LogP contribution >= 0.6 is 0 Å². The van der Waals surface area contributed by atoms with Gasteiger partial charge in [0.2, 0.25) is 0 Å². The van der Waals surface area contributed by atoms with Gasteiger partial charge in [-0.3, -0.25) is 0 Å². The van der Waals surface area contributed by atoms with Gasteiger partial charge < -0.3 is 10.2 Å². The molecule has 0 amide bonds. The zero-order valence-electron chi connectivity index (χ0n) is 29.1. The lowest BCUT2D eigenvalue weighted by Gasteiger charge is -2.29. The van der Waals surface area contributed by atoms with Crippen molar-refractivity contribution in [3.8, 4) is 22.3 Å². The standard InChI is InChI=1S/C28H40O.C16H17FO/c1-3-5-6-8-22-10-13-25(14-11-22)26-15-17-27(18-16-26)28-19-12-23(9-7-20-29)21-24(28)4-2;1-2-3-12-6-9-15(16(17)10-12)14-7-4-13(11-18)5-8-14/h12,15-19,21-22,25,29H,3-11,13-14,20H2,1-2H3;4-10,18H,2-3,11H2,1H3. The minimum atomic E-state index is -0.183. The first-order chi connectivity index (χ1) is 23.0. The first-order valence-electron chi connectivity index (χ1n) is 18.3. The van der Waals surface area contributed by atoms with Crippen LogP contribution in [-0.2, 0) is 25.9 Å². The lowest BCUT2D eigenvalue weighted by Crippen LogP contribution is -2.13. The van der Waals surface area contributed by atoms with E-state index in [2.05, 4.69) is 63.2 Å². The summed E-state index contributed by atoms with van der Waals surface area (Å²) < 4.78 is 14.0. The Kier molecular flexibility index (Phi) is 15.2. The van der Waals surface area contributed by atoms with E-state index in [1.165, 1.54) is 73.6 Å². The molecule has 1 aliphatic carbocycles. The molecule has 0 aliphatic heterocycles. The van der Waals surface area contributed by atoms with E-state index < -0.39 is 0 Å². The maximum absolute atomic E-state index is 14.0. The van der Waals surface area contributed by atoms with Crippen molar-refractivity contribution in [2.24, 2.45) is 5.92 Å². The van der Waals surface area contributed by atoms with E-state index in [0.717, 1.165) is 60.6 Å². The number of hydrogen-bond donors (Lipinski definition) is 2. The minimum Gasteiger partial charge on any atom is -0.396 e. The lowest BCUT2D eigenvalue weighted by molar-refractivity contribution is 0.282. The van der Waals surface area contributed by atoms with Crippen LogP contribution in [0.2, 0.25) is 0 Å². The Morgan fingerprint density at radius 1 is 0.617 bits per heavy atom. The highest BCUT2D eigenvalue weighted by Crippen LogP contribution is 2.38. The van der Waals surface area contributed by atoms with Gasteiger partial charge in [0.15, 0.2) is 0 Å². The molecule has 252 valence electrons. The second kappa shape index (κ2) is 19.5. The number of halogens is 1. The van der Waals surface area contributed by atoms with Crippen LogP contribution in [0.25, 0.3) is 22.3 Å². The third-order valence-corrected chi connectivity index (χ3v) is 9.95. The molecule has 0 spiro atoms. The lowest BCUT2D eigenvalue weighted by atomic mass is 9.77. The summed E-state index contributed by atoms with van der Waals surface area (Å²) >= 11 is 0. The normalized spacial score (nSPS) is 16.0. The maximum atomic E-state index is 14.0. The number of unbranched alkanes of at least 4 members (excludes halogenated alkanes) is 2. The molecule has 4 aromatic rings. The van der Waals surface area contributed by atoms with Crippen LogP contribution in [-0.4, -0.2) is 16.8 Å². The van der Waals surface area contributed by atoms with Gasteiger partial charge in [0.1, 0.15) is 5.82 Å². The zero-order valence-corrected chi connectivity index (χ0v) is 29.1. The number of rotatable bonds is 14. The van der Waals surface area contributed by atoms with Crippen molar-refractivity contribution < 1.29 is 14.6 Å². The molecule has 0 atom stereocenters. The van der Waals surface area contributed by atoms with Gasteiger partial charge in [-0.25, -0.2) is 4.39 Å². The minimum absolute atomic E-state index is 0.0121. The van der Waals surface area contributed by atoms with Gasteiger partial charge in [-0.05, 0) is 114 Å². The van der Waals surface area contributed by atoms with Crippen molar-refractivity contribution in [1.82, 2.24) is 0 Å². The van der Waals surface area contributed by atoms with Crippen molar-refractivity contribution in [1.29, 1.82) is 0 Å². The van der Waals surface area contributed by atoms with Crippen molar-refractivity contribution in [3.05, 3.63) is 119 Å². The summed E-state index contributed by atoms with van der Waals surface area (Å²) in [5, 5.41) is 18.1. The third kappa shape index (κ3) is 10.9. The van der Waals surface area contributed by atoms with E-state index in [1.54, 1.807) is 11.6 Å². The highest BCUT2D eigenvalue weighted by Gasteiger charge is 2.22. The van der Waals surface area contributed by atoms with E-state index in [-0.39, 0.29) is 19.0 Å². The number of aliphatic hydroxyl groups excluding tert-OH is 2. The van der Waals surface area contributed by atoms with E-state index in [9.17, 15) is 4.39 Å². The molecule has 0 saturated heterocycles. The number of hydrogen-bond acceptors (Lipinski definition) is 2. The number of aliphatic hydroxyl groups is 2. The molecule has 5 rings (SSSR count). The van der Waals surface area contributed by atoms with Crippen molar-refractivity contribution in [3.63, 3.8) is 0 Å². The van der Waals surface area contributed by atoms with Crippen molar-refractivity contribution in [2.45, 2.75) is 117 Å². The van der Waals surface area contributed by atoms with Gasteiger partial charge in [0.25, 0.3) is 0 Å². The number of benzene rings is 4. The van der Waals surface area contributed by atoms with Crippen molar-refractivity contribution >= 4 is 0 Å². The Hall–Kier alpha value is -3.27. The first-order valence-corrected chi connectivity index (χ1v) is 18.3. The molecule has 1 fully saturated rings. The molecule has 0 bridgehead atoms.